The lowest BCUT2D eigenvalue weighted by atomic mass is 10.0. The molecule has 4 nitrogen and oxygen atoms in total. The molecule has 1 aromatic rings. The van der Waals surface area contributed by atoms with Gasteiger partial charge in [0.1, 0.15) is 0 Å². The van der Waals surface area contributed by atoms with Crippen LogP contribution in [0.2, 0.25) is 0 Å². The number of carbonyl (C=O) groups is 1. The molecule has 2 fully saturated rings. The van der Waals surface area contributed by atoms with Crippen LogP contribution in [0.5, 0.6) is 0 Å². The van der Waals surface area contributed by atoms with Crippen molar-refractivity contribution in [3.8, 4) is 0 Å². The maximum Gasteiger partial charge on any atom is 0.324 e. The van der Waals surface area contributed by atoms with Gasteiger partial charge >= 0.3 is 6.03 Å². The Morgan fingerprint density at radius 3 is 2.61 bits per heavy atom. The molecule has 18 heavy (non-hydrogen) atoms. The van der Waals surface area contributed by atoms with E-state index >= 15 is 0 Å². The number of carbonyl (C=O) groups excluding carboxylic acids is 1. The number of benzene rings is 1. The number of likely N-dealkylation sites (N-methyl/N-ethyl adjacent to an activating group) is 1. The number of amides is 2. The van der Waals surface area contributed by atoms with Gasteiger partial charge in [0.15, 0.2) is 0 Å². The maximum atomic E-state index is 12.0. The number of nitrogens with zero attached hydrogens (tertiary/aromatic N) is 2. The second-order valence-electron chi connectivity index (χ2n) is 5.39. The van der Waals surface area contributed by atoms with E-state index in [1.54, 1.807) is 9.80 Å². The molecule has 0 spiro atoms. The van der Waals surface area contributed by atoms with E-state index in [1.165, 1.54) is 0 Å². The van der Waals surface area contributed by atoms with Crippen LogP contribution >= 0.6 is 0 Å². The average Bonchev–Trinajstić information content (AvgIpc) is 2.99. The largest absolute Gasteiger partial charge is 0.390 e. The monoisotopic (exact) mass is 246 g/mol. The first-order valence-electron chi connectivity index (χ1n) is 6.42. The van der Waals surface area contributed by atoms with Crippen molar-refractivity contribution in [2.45, 2.75) is 24.9 Å². The molecule has 1 saturated heterocycles. The lowest BCUT2D eigenvalue weighted by Crippen LogP contribution is -2.30. The van der Waals surface area contributed by atoms with Gasteiger partial charge in [0.25, 0.3) is 0 Å². The van der Waals surface area contributed by atoms with Crippen LogP contribution in [0.1, 0.15) is 18.4 Å². The van der Waals surface area contributed by atoms with Crippen LogP contribution in [-0.4, -0.2) is 41.8 Å². The molecule has 4 heteroatoms. The van der Waals surface area contributed by atoms with Gasteiger partial charge in [-0.3, -0.25) is 4.90 Å². The Morgan fingerprint density at radius 2 is 2.00 bits per heavy atom. The van der Waals surface area contributed by atoms with E-state index < -0.39 is 5.60 Å². The van der Waals surface area contributed by atoms with Crippen molar-refractivity contribution in [3.63, 3.8) is 0 Å². The zero-order chi connectivity index (χ0) is 12.8. The van der Waals surface area contributed by atoms with Crippen molar-refractivity contribution in [1.82, 2.24) is 4.90 Å². The number of urea groups is 1. The Bertz CT molecular complexity index is 482. The Kier molecular flexibility index (Phi) is 2.55. The fourth-order valence-electron chi connectivity index (χ4n) is 2.47. The maximum absolute atomic E-state index is 12.0. The SMILES string of the molecule is CN1CCN(c2ccccc2CC2(O)CC2)C1=O. The smallest absolute Gasteiger partial charge is 0.324 e. The molecular weight excluding hydrogens is 228 g/mol. The van der Waals surface area contributed by atoms with Crippen LogP contribution in [0.3, 0.4) is 0 Å². The summed E-state index contributed by atoms with van der Waals surface area (Å²) in [5.74, 6) is 0. The number of rotatable bonds is 3. The summed E-state index contributed by atoms with van der Waals surface area (Å²) in [6.07, 6.45) is 2.39. The summed E-state index contributed by atoms with van der Waals surface area (Å²) in [5.41, 5.74) is 1.50. The summed E-state index contributed by atoms with van der Waals surface area (Å²) in [6, 6.07) is 7.94. The number of aliphatic hydroxyl groups is 1. The normalized spacial score (nSPS) is 21.6. The van der Waals surface area contributed by atoms with Gasteiger partial charge in [0.05, 0.1) is 5.60 Å². The zero-order valence-electron chi connectivity index (χ0n) is 10.6. The summed E-state index contributed by atoms with van der Waals surface area (Å²) in [4.78, 5) is 15.6. The quantitative estimate of drug-likeness (QED) is 0.881. The average molecular weight is 246 g/mol. The summed E-state index contributed by atoms with van der Waals surface area (Å²) < 4.78 is 0. The third-order valence-electron chi connectivity index (χ3n) is 3.85. The molecule has 3 rings (SSSR count). The van der Waals surface area contributed by atoms with E-state index in [0.29, 0.717) is 6.42 Å². The van der Waals surface area contributed by atoms with E-state index in [0.717, 1.165) is 37.2 Å². The summed E-state index contributed by atoms with van der Waals surface area (Å²) in [5, 5.41) is 10.1. The van der Waals surface area contributed by atoms with Crippen molar-refractivity contribution in [3.05, 3.63) is 29.8 Å². The minimum atomic E-state index is -0.523. The van der Waals surface area contributed by atoms with E-state index in [4.69, 9.17) is 0 Å². The molecule has 96 valence electrons. The standard InChI is InChI=1S/C14H18N2O2/c1-15-8-9-16(13(15)17)12-5-3-2-4-11(12)10-14(18)6-7-14/h2-5,18H,6-10H2,1H3. The molecule has 0 radical (unpaired) electrons. The van der Waals surface area contributed by atoms with Gasteiger partial charge in [0, 0.05) is 32.2 Å². The molecule has 0 aromatic heterocycles. The third kappa shape index (κ3) is 1.97. The molecule has 1 aliphatic carbocycles. The number of anilines is 1. The molecular formula is C14H18N2O2. The minimum Gasteiger partial charge on any atom is -0.390 e. The molecule has 1 heterocycles. The summed E-state index contributed by atoms with van der Waals surface area (Å²) in [7, 11) is 1.82. The number of para-hydroxylation sites is 1. The number of hydrogen-bond acceptors (Lipinski definition) is 2. The van der Waals surface area contributed by atoms with Gasteiger partial charge in [-0.25, -0.2) is 4.79 Å². The fraction of sp³-hybridized carbons (Fsp3) is 0.500. The van der Waals surface area contributed by atoms with Gasteiger partial charge in [-0.05, 0) is 24.5 Å². The zero-order valence-corrected chi connectivity index (χ0v) is 10.6. The van der Waals surface area contributed by atoms with Gasteiger partial charge < -0.3 is 10.0 Å². The van der Waals surface area contributed by atoms with Gasteiger partial charge in [0.2, 0.25) is 0 Å². The van der Waals surface area contributed by atoms with Gasteiger partial charge in [-0.15, -0.1) is 0 Å². The van der Waals surface area contributed by atoms with Crippen LogP contribution in [-0.2, 0) is 6.42 Å². The molecule has 2 aliphatic rings. The Morgan fingerprint density at radius 1 is 1.28 bits per heavy atom. The topological polar surface area (TPSA) is 43.8 Å². The molecule has 1 aromatic carbocycles. The predicted octanol–water partition coefficient (Wildman–Crippen LogP) is 1.63. The highest BCUT2D eigenvalue weighted by Crippen LogP contribution is 2.40. The van der Waals surface area contributed by atoms with Crippen LogP contribution in [0.15, 0.2) is 24.3 Å². The van der Waals surface area contributed by atoms with Crippen LogP contribution in [0, 0.1) is 0 Å². The van der Waals surface area contributed by atoms with Crippen molar-refractivity contribution in [2.24, 2.45) is 0 Å². The third-order valence-corrected chi connectivity index (χ3v) is 3.85. The Hall–Kier alpha value is -1.55. The lowest BCUT2D eigenvalue weighted by molar-refractivity contribution is 0.151. The molecule has 0 atom stereocenters. The molecule has 1 saturated carbocycles. The second kappa shape index (κ2) is 3.99. The number of hydrogen-bond donors (Lipinski definition) is 1. The highest BCUT2D eigenvalue weighted by atomic mass is 16.3. The van der Waals surface area contributed by atoms with E-state index in [9.17, 15) is 9.90 Å². The summed E-state index contributed by atoms with van der Waals surface area (Å²) in [6.45, 7) is 1.49. The fourth-order valence-corrected chi connectivity index (χ4v) is 2.47. The van der Waals surface area contributed by atoms with E-state index in [1.807, 2.05) is 31.3 Å². The van der Waals surface area contributed by atoms with E-state index in [2.05, 4.69) is 0 Å². The first kappa shape index (κ1) is 11.5. The minimum absolute atomic E-state index is 0.0465. The van der Waals surface area contributed by atoms with Crippen molar-refractivity contribution >= 4 is 11.7 Å². The second-order valence-corrected chi connectivity index (χ2v) is 5.39. The van der Waals surface area contributed by atoms with Crippen molar-refractivity contribution < 1.29 is 9.90 Å². The Balaban J connectivity index is 1.89. The van der Waals surface area contributed by atoms with Crippen molar-refractivity contribution in [2.75, 3.05) is 25.0 Å². The highest BCUT2D eigenvalue weighted by molar-refractivity contribution is 5.94. The van der Waals surface area contributed by atoms with Gasteiger partial charge in [-0.2, -0.15) is 0 Å². The Labute approximate surface area is 107 Å². The predicted molar refractivity (Wildman–Crippen MR) is 69.7 cm³/mol. The van der Waals surface area contributed by atoms with Crippen LogP contribution in [0.4, 0.5) is 10.5 Å². The van der Waals surface area contributed by atoms with E-state index in [-0.39, 0.29) is 6.03 Å². The summed E-state index contributed by atoms with van der Waals surface area (Å²) >= 11 is 0. The molecule has 1 N–H and O–H groups in total. The molecule has 2 amide bonds. The van der Waals surface area contributed by atoms with Crippen LogP contribution in [0.25, 0.3) is 0 Å². The molecule has 0 bridgehead atoms. The lowest BCUT2D eigenvalue weighted by Gasteiger charge is -2.21. The first-order chi connectivity index (χ1) is 8.59. The first-order valence-corrected chi connectivity index (χ1v) is 6.42. The highest BCUT2D eigenvalue weighted by Gasteiger charge is 2.41. The molecule has 0 unspecified atom stereocenters. The van der Waals surface area contributed by atoms with Gasteiger partial charge in [-0.1, -0.05) is 18.2 Å². The molecule has 1 aliphatic heterocycles. The van der Waals surface area contributed by atoms with Crippen molar-refractivity contribution in [1.29, 1.82) is 0 Å². The van der Waals surface area contributed by atoms with Crippen LogP contribution < -0.4 is 4.90 Å².